The van der Waals surface area contributed by atoms with E-state index in [0.29, 0.717) is 4.47 Å². The lowest BCUT2D eigenvalue weighted by Crippen LogP contribution is -2.14. The molecule has 2 rings (SSSR count). The Balaban J connectivity index is 2.41. The highest BCUT2D eigenvalue weighted by Gasteiger charge is 2.22. The number of rotatable bonds is 3. The fraction of sp³-hybridized carbons (Fsp3) is 0. The first kappa shape index (κ1) is 15.5. The summed E-state index contributed by atoms with van der Waals surface area (Å²) in [6.07, 6.45) is 1.42. The zero-order valence-corrected chi connectivity index (χ0v) is 13.5. The van der Waals surface area contributed by atoms with Gasteiger partial charge in [-0.2, -0.15) is 0 Å². The van der Waals surface area contributed by atoms with Crippen molar-refractivity contribution >= 4 is 55.0 Å². The molecule has 0 bridgehead atoms. The Labute approximate surface area is 133 Å². The number of nitrogens with zero attached hydrogens (tertiary/aromatic N) is 1. The molecule has 0 amide bonds. The van der Waals surface area contributed by atoms with Gasteiger partial charge in [0.15, 0.2) is 5.82 Å². The topological polar surface area (TPSA) is 59.1 Å². The predicted octanol–water partition coefficient (Wildman–Crippen LogP) is 4.09. The van der Waals surface area contributed by atoms with Crippen LogP contribution in [0.25, 0.3) is 0 Å². The van der Waals surface area contributed by atoms with Gasteiger partial charge < -0.3 is 0 Å². The minimum absolute atomic E-state index is 0.0830. The van der Waals surface area contributed by atoms with Crippen LogP contribution in [0.4, 0.5) is 10.2 Å². The smallest absolute Gasteiger partial charge is 0.263 e. The van der Waals surface area contributed by atoms with E-state index in [-0.39, 0.29) is 10.8 Å². The number of benzene rings is 1. The van der Waals surface area contributed by atoms with Gasteiger partial charge in [-0.25, -0.2) is 17.8 Å². The molecule has 2 aromatic rings. The molecule has 0 saturated heterocycles. The van der Waals surface area contributed by atoms with Crippen molar-refractivity contribution < 1.29 is 12.8 Å². The standard InChI is InChI=1S/C11H6BrCl2FN2O2S/c12-6-1-4-9(16-5-6)17-20(18,19)8-3-2-7(13)11(15)10(8)14/h1-5H,(H,16,17). The van der Waals surface area contributed by atoms with E-state index in [9.17, 15) is 12.8 Å². The molecule has 0 aliphatic carbocycles. The third-order valence-electron chi connectivity index (χ3n) is 2.26. The van der Waals surface area contributed by atoms with Crippen molar-refractivity contribution in [1.82, 2.24) is 4.98 Å². The number of halogens is 4. The van der Waals surface area contributed by atoms with Gasteiger partial charge in [-0.05, 0) is 40.2 Å². The van der Waals surface area contributed by atoms with Crippen LogP contribution in [0, 0.1) is 5.82 Å². The molecule has 1 heterocycles. The Kier molecular flexibility index (Phi) is 4.53. The van der Waals surface area contributed by atoms with Gasteiger partial charge in [0.25, 0.3) is 10.0 Å². The van der Waals surface area contributed by atoms with E-state index in [4.69, 9.17) is 23.2 Å². The molecule has 0 aliphatic heterocycles. The molecule has 20 heavy (non-hydrogen) atoms. The summed E-state index contributed by atoms with van der Waals surface area (Å²) in [7, 11) is -4.05. The Hall–Kier alpha value is -0.890. The summed E-state index contributed by atoms with van der Waals surface area (Å²) in [6, 6.07) is 5.29. The second kappa shape index (κ2) is 5.85. The van der Waals surface area contributed by atoms with E-state index in [1.165, 1.54) is 12.3 Å². The minimum Gasteiger partial charge on any atom is -0.263 e. The first-order chi connectivity index (χ1) is 9.31. The zero-order chi connectivity index (χ0) is 14.9. The minimum atomic E-state index is -4.05. The average Bonchev–Trinajstić information content (AvgIpc) is 2.38. The largest absolute Gasteiger partial charge is 0.264 e. The molecule has 0 spiro atoms. The molecule has 0 saturated carbocycles. The van der Waals surface area contributed by atoms with Crippen molar-refractivity contribution in [3.63, 3.8) is 0 Å². The highest BCUT2D eigenvalue weighted by Crippen LogP contribution is 2.30. The van der Waals surface area contributed by atoms with Crippen LogP contribution in [0.15, 0.2) is 39.8 Å². The normalized spacial score (nSPS) is 11.4. The molecule has 0 fully saturated rings. The SMILES string of the molecule is O=S(=O)(Nc1ccc(Br)cn1)c1ccc(Cl)c(F)c1Cl. The van der Waals surface area contributed by atoms with Crippen molar-refractivity contribution in [2.75, 3.05) is 4.72 Å². The molecule has 106 valence electrons. The van der Waals surface area contributed by atoms with E-state index in [1.807, 2.05) is 0 Å². The Morgan fingerprint density at radius 2 is 1.90 bits per heavy atom. The maximum Gasteiger partial charge on any atom is 0.264 e. The summed E-state index contributed by atoms with van der Waals surface area (Å²) >= 11 is 14.4. The monoisotopic (exact) mass is 398 g/mol. The fourth-order valence-corrected chi connectivity index (χ4v) is 3.33. The number of hydrogen-bond donors (Lipinski definition) is 1. The molecule has 1 aromatic heterocycles. The van der Waals surface area contributed by atoms with E-state index in [2.05, 4.69) is 25.6 Å². The lowest BCUT2D eigenvalue weighted by Gasteiger charge is -2.09. The second-order valence-electron chi connectivity index (χ2n) is 3.64. The summed E-state index contributed by atoms with van der Waals surface area (Å²) in [5.74, 6) is -0.903. The molecule has 0 radical (unpaired) electrons. The van der Waals surface area contributed by atoms with Gasteiger partial charge in [-0.3, -0.25) is 4.72 Å². The summed E-state index contributed by atoms with van der Waals surface area (Å²) in [6.45, 7) is 0. The summed E-state index contributed by atoms with van der Waals surface area (Å²) in [5, 5.41) is -0.821. The molecule has 0 atom stereocenters. The Morgan fingerprint density at radius 1 is 1.20 bits per heavy atom. The number of hydrogen-bond acceptors (Lipinski definition) is 3. The third-order valence-corrected chi connectivity index (χ3v) is 4.90. The van der Waals surface area contributed by atoms with Crippen LogP contribution in [-0.2, 0) is 10.0 Å². The van der Waals surface area contributed by atoms with Gasteiger partial charge in [0.1, 0.15) is 10.7 Å². The van der Waals surface area contributed by atoms with Gasteiger partial charge in [0.2, 0.25) is 0 Å². The quantitative estimate of drug-likeness (QED) is 0.790. The number of aromatic nitrogens is 1. The van der Waals surface area contributed by atoms with Crippen molar-refractivity contribution in [3.05, 3.63) is 50.8 Å². The molecule has 9 heteroatoms. The zero-order valence-electron chi connectivity index (χ0n) is 9.57. The number of sulfonamides is 1. The molecule has 1 aromatic carbocycles. The summed E-state index contributed by atoms with van der Waals surface area (Å²) in [5.41, 5.74) is 0. The lowest BCUT2D eigenvalue weighted by atomic mass is 10.3. The number of anilines is 1. The van der Waals surface area contributed by atoms with Crippen LogP contribution in [-0.4, -0.2) is 13.4 Å². The molecular weight excluding hydrogens is 394 g/mol. The third kappa shape index (κ3) is 3.22. The first-order valence-corrected chi connectivity index (χ1v) is 8.12. The molecule has 0 aliphatic rings. The van der Waals surface area contributed by atoms with E-state index in [0.717, 1.165) is 12.1 Å². The number of pyridine rings is 1. The van der Waals surface area contributed by atoms with Gasteiger partial charge in [0.05, 0.1) is 10.0 Å². The van der Waals surface area contributed by atoms with Gasteiger partial charge in [-0.1, -0.05) is 23.2 Å². The molecule has 0 unspecified atom stereocenters. The van der Waals surface area contributed by atoms with Gasteiger partial charge >= 0.3 is 0 Å². The van der Waals surface area contributed by atoms with E-state index in [1.54, 1.807) is 6.07 Å². The predicted molar refractivity (Wildman–Crippen MR) is 79.2 cm³/mol. The summed E-state index contributed by atoms with van der Waals surface area (Å²) < 4.78 is 40.6. The van der Waals surface area contributed by atoms with Crippen LogP contribution in [0.2, 0.25) is 10.0 Å². The van der Waals surface area contributed by atoms with Crippen LogP contribution < -0.4 is 4.72 Å². The first-order valence-electron chi connectivity index (χ1n) is 5.09. The molecule has 4 nitrogen and oxygen atoms in total. The highest BCUT2D eigenvalue weighted by atomic mass is 79.9. The van der Waals surface area contributed by atoms with Crippen molar-refractivity contribution in [2.45, 2.75) is 4.90 Å². The van der Waals surface area contributed by atoms with E-state index < -0.39 is 25.8 Å². The van der Waals surface area contributed by atoms with Crippen molar-refractivity contribution in [2.24, 2.45) is 0 Å². The van der Waals surface area contributed by atoms with E-state index >= 15 is 0 Å². The van der Waals surface area contributed by atoms with Crippen molar-refractivity contribution in [1.29, 1.82) is 0 Å². The van der Waals surface area contributed by atoms with Crippen molar-refractivity contribution in [3.8, 4) is 0 Å². The average molecular weight is 400 g/mol. The second-order valence-corrected chi connectivity index (χ2v) is 6.99. The van der Waals surface area contributed by atoms with Crippen LogP contribution in [0.3, 0.4) is 0 Å². The maximum atomic E-state index is 13.5. The molecule has 1 N–H and O–H groups in total. The summed E-state index contributed by atoms with van der Waals surface area (Å²) in [4.78, 5) is 3.45. The lowest BCUT2D eigenvalue weighted by molar-refractivity contribution is 0.595. The van der Waals surface area contributed by atoms with Crippen LogP contribution in [0.5, 0.6) is 0 Å². The van der Waals surface area contributed by atoms with Crippen LogP contribution >= 0.6 is 39.1 Å². The van der Waals surface area contributed by atoms with Gasteiger partial charge in [0, 0.05) is 10.7 Å². The van der Waals surface area contributed by atoms with Crippen LogP contribution in [0.1, 0.15) is 0 Å². The fourth-order valence-electron chi connectivity index (χ4n) is 1.34. The highest BCUT2D eigenvalue weighted by molar-refractivity contribution is 9.10. The molecular formula is C11H6BrCl2FN2O2S. The van der Waals surface area contributed by atoms with Gasteiger partial charge in [-0.15, -0.1) is 0 Å². The maximum absolute atomic E-state index is 13.5. The number of nitrogens with one attached hydrogen (secondary N) is 1. The Bertz CT molecular complexity index is 754. The Morgan fingerprint density at radius 3 is 2.50 bits per heavy atom.